The molecule has 1 heterocycles. The average molecular weight is 387 g/mol. The minimum absolute atomic E-state index is 0.0404. The molecule has 1 fully saturated rings. The van der Waals surface area contributed by atoms with Crippen molar-refractivity contribution in [3.8, 4) is 0 Å². The maximum atomic E-state index is 13.4. The number of urea groups is 1. The van der Waals surface area contributed by atoms with Crippen molar-refractivity contribution in [2.24, 2.45) is 5.92 Å². The molecule has 0 spiro atoms. The van der Waals surface area contributed by atoms with Crippen molar-refractivity contribution in [2.75, 3.05) is 18.4 Å². The summed E-state index contributed by atoms with van der Waals surface area (Å²) in [5.41, 5.74) is 1.25. The zero-order valence-electron chi connectivity index (χ0n) is 15.6. The number of halogens is 2. The predicted octanol–water partition coefficient (Wildman–Crippen LogP) is 4.09. The minimum Gasteiger partial charge on any atom is -0.331 e. The molecule has 2 aromatic carbocycles. The number of anilines is 1. The van der Waals surface area contributed by atoms with E-state index in [2.05, 4.69) is 10.6 Å². The molecule has 28 heavy (non-hydrogen) atoms. The molecule has 1 aliphatic rings. The molecule has 2 N–H and O–H groups in total. The lowest BCUT2D eigenvalue weighted by atomic mass is 9.96. The van der Waals surface area contributed by atoms with E-state index in [1.165, 1.54) is 6.07 Å². The first-order valence-electron chi connectivity index (χ1n) is 9.30. The van der Waals surface area contributed by atoms with Crippen LogP contribution in [0.1, 0.15) is 31.4 Å². The monoisotopic (exact) mass is 387 g/mol. The lowest BCUT2D eigenvalue weighted by Gasteiger charge is -2.32. The summed E-state index contributed by atoms with van der Waals surface area (Å²) in [6.45, 7) is 2.64. The molecule has 2 aromatic rings. The fourth-order valence-corrected chi connectivity index (χ4v) is 3.25. The number of para-hydroxylation sites is 1. The van der Waals surface area contributed by atoms with E-state index in [1.54, 1.807) is 11.8 Å². The SMILES string of the molecule is CC(NC(=O)N1CCC(C(=O)Nc2ccccc2)CC1)c1ccc(F)c(F)c1. The first kappa shape index (κ1) is 19.8. The number of likely N-dealkylation sites (tertiary alicyclic amines) is 1. The first-order valence-corrected chi connectivity index (χ1v) is 9.30. The zero-order chi connectivity index (χ0) is 20.1. The molecule has 148 valence electrons. The van der Waals surface area contributed by atoms with Crippen molar-refractivity contribution < 1.29 is 18.4 Å². The molecule has 5 nitrogen and oxygen atoms in total. The largest absolute Gasteiger partial charge is 0.331 e. The second kappa shape index (κ2) is 8.82. The van der Waals surface area contributed by atoms with Gasteiger partial charge in [-0.1, -0.05) is 24.3 Å². The Morgan fingerprint density at radius 1 is 1.04 bits per heavy atom. The van der Waals surface area contributed by atoms with Crippen LogP contribution in [0.15, 0.2) is 48.5 Å². The number of hydrogen-bond acceptors (Lipinski definition) is 2. The van der Waals surface area contributed by atoms with Crippen molar-refractivity contribution in [2.45, 2.75) is 25.8 Å². The van der Waals surface area contributed by atoms with Gasteiger partial charge in [0.15, 0.2) is 11.6 Å². The highest BCUT2D eigenvalue weighted by atomic mass is 19.2. The van der Waals surface area contributed by atoms with E-state index in [-0.39, 0.29) is 17.9 Å². The van der Waals surface area contributed by atoms with Crippen LogP contribution in [0.4, 0.5) is 19.3 Å². The van der Waals surface area contributed by atoms with Crippen LogP contribution in [-0.4, -0.2) is 29.9 Å². The number of hydrogen-bond donors (Lipinski definition) is 2. The van der Waals surface area contributed by atoms with E-state index in [0.717, 1.165) is 17.8 Å². The smallest absolute Gasteiger partial charge is 0.317 e. The van der Waals surface area contributed by atoms with E-state index < -0.39 is 17.7 Å². The summed E-state index contributed by atoms with van der Waals surface area (Å²) in [6.07, 6.45) is 1.15. The molecule has 3 amide bonds. The summed E-state index contributed by atoms with van der Waals surface area (Å²) in [5.74, 6) is -2.05. The second-order valence-electron chi connectivity index (χ2n) is 6.96. The molecule has 0 aliphatic carbocycles. The number of benzene rings is 2. The molecular formula is C21H23F2N3O2. The van der Waals surface area contributed by atoms with E-state index in [4.69, 9.17) is 0 Å². The lowest BCUT2D eigenvalue weighted by Crippen LogP contribution is -2.46. The molecule has 0 bridgehead atoms. The maximum absolute atomic E-state index is 13.4. The Bertz CT molecular complexity index is 837. The molecule has 7 heteroatoms. The van der Waals surface area contributed by atoms with Crippen molar-refractivity contribution in [3.05, 3.63) is 65.7 Å². The number of amides is 3. The molecule has 1 saturated heterocycles. The standard InChI is InChI=1S/C21H23F2N3O2/c1-14(16-7-8-18(22)19(23)13-16)24-21(28)26-11-9-15(10-12-26)20(27)25-17-5-3-2-4-6-17/h2-8,13-15H,9-12H2,1H3,(H,24,28)(H,25,27). The molecular weight excluding hydrogens is 364 g/mol. The van der Waals surface area contributed by atoms with Crippen molar-refractivity contribution >= 4 is 17.6 Å². The minimum atomic E-state index is -0.941. The summed E-state index contributed by atoms with van der Waals surface area (Å²) in [4.78, 5) is 26.5. The number of nitrogens with zero attached hydrogens (tertiary/aromatic N) is 1. The first-order chi connectivity index (χ1) is 13.4. The van der Waals surface area contributed by atoms with Gasteiger partial charge in [-0.05, 0) is 49.6 Å². The summed E-state index contributed by atoms with van der Waals surface area (Å²) in [7, 11) is 0. The number of nitrogens with one attached hydrogen (secondary N) is 2. The van der Waals surface area contributed by atoms with Crippen LogP contribution in [0.3, 0.4) is 0 Å². The fourth-order valence-electron chi connectivity index (χ4n) is 3.25. The predicted molar refractivity (Wildman–Crippen MR) is 103 cm³/mol. The Kier molecular flexibility index (Phi) is 6.23. The fraction of sp³-hybridized carbons (Fsp3) is 0.333. The maximum Gasteiger partial charge on any atom is 0.317 e. The Balaban J connectivity index is 1.49. The van der Waals surface area contributed by atoms with Gasteiger partial charge in [0.05, 0.1) is 6.04 Å². The molecule has 0 aromatic heterocycles. The number of piperidine rings is 1. The normalized spacial score (nSPS) is 15.8. The highest BCUT2D eigenvalue weighted by molar-refractivity contribution is 5.92. The van der Waals surface area contributed by atoms with E-state index >= 15 is 0 Å². The van der Waals surface area contributed by atoms with Gasteiger partial charge in [-0.25, -0.2) is 13.6 Å². The molecule has 0 saturated carbocycles. The highest BCUT2D eigenvalue weighted by Gasteiger charge is 2.28. The third-order valence-electron chi connectivity index (χ3n) is 4.98. The van der Waals surface area contributed by atoms with Crippen LogP contribution in [0.25, 0.3) is 0 Å². The van der Waals surface area contributed by atoms with Gasteiger partial charge in [0.25, 0.3) is 0 Å². The number of carbonyl (C=O) groups is 2. The Labute approximate surface area is 162 Å². The lowest BCUT2D eigenvalue weighted by molar-refractivity contribution is -0.121. The van der Waals surface area contributed by atoms with Crippen LogP contribution < -0.4 is 10.6 Å². The van der Waals surface area contributed by atoms with Crippen LogP contribution in [0.2, 0.25) is 0 Å². The highest BCUT2D eigenvalue weighted by Crippen LogP contribution is 2.21. The van der Waals surface area contributed by atoms with Gasteiger partial charge in [-0.15, -0.1) is 0 Å². The van der Waals surface area contributed by atoms with Gasteiger partial charge >= 0.3 is 6.03 Å². The summed E-state index contributed by atoms with van der Waals surface area (Å²) in [6, 6.07) is 12.1. The Hall–Kier alpha value is -2.96. The van der Waals surface area contributed by atoms with Gasteiger partial charge in [-0.2, -0.15) is 0 Å². The van der Waals surface area contributed by atoms with Gasteiger partial charge in [0.1, 0.15) is 0 Å². The summed E-state index contributed by atoms with van der Waals surface area (Å²) in [5, 5.41) is 5.69. The van der Waals surface area contributed by atoms with Crippen LogP contribution in [-0.2, 0) is 4.79 Å². The molecule has 0 radical (unpaired) electrons. The molecule has 1 unspecified atom stereocenters. The van der Waals surface area contributed by atoms with Gasteiger partial charge in [-0.3, -0.25) is 4.79 Å². The zero-order valence-corrected chi connectivity index (χ0v) is 15.6. The second-order valence-corrected chi connectivity index (χ2v) is 6.96. The van der Waals surface area contributed by atoms with Gasteiger partial charge < -0.3 is 15.5 Å². The Morgan fingerprint density at radius 2 is 1.71 bits per heavy atom. The van der Waals surface area contributed by atoms with Gasteiger partial charge in [0, 0.05) is 24.7 Å². The van der Waals surface area contributed by atoms with Crippen molar-refractivity contribution in [1.82, 2.24) is 10.2 Å². The average Bonchev–Trinajstić information content (AvgIpc) is 2.70. The van der Waals surface area contributed by atoms with Gasteiger partial charge in [0.2, 0.25) is 5.91 Å². The quantitative estimate of drug-likeness (QED) is 0.830. The summed E-state index contributed by atoms with van der Waals surface area (Å²) < 4.78 is 26.4. The molecule has 1 aliphatic heterocycles. The third-order valence-corrected chi connectivity index (χ3v) is 4.98. The third kappa shape index (κ3) is 4.85. The Morgan fingerprint density at radius 3 is 2.36 bits per heavy atom. The van der Waals surface area contributed by atoms with Crippen LogP contribution in [0, 0.1) is 17.6 Å². The van der Waals surface area contributed by atoms with Crippen LogP contribution >= 0.6 is 0 Å². The van der Waals surface area contributed by atoms with Crippen LogP contribution in [0.5, 0.6) is 0 Å². The van der Waals surface area contributed by atoms with Crippen molar-refractivity contribution in [1.29, 1.82) is 0 Å². The van der Waals surface area contributed by atoms with Crippen molar-refractivity contribution in [3.63, 3.8) is 0 Å². The topological polar surface area (TPSA) is 61.4 Å². The van der Waals surface area contributed by atoms with E-state index in [1.807, 2.05) is 30.3 Å². The molecule has 3 rings (SSSR count). The van der Waals surface area contributed by atoms with E-state index in [0.29, 0.717) is 31.5 Å². The number of carbonyl (C=O) groups excluding carboxylic acids is 2. The molecule has 1 atom stereocenters. The van der Waals surface area contributed by atoms with E-state index in [9.17, 15) is 18.4 Å². The summed E-state index contributed by atoms with van der Waals surface area (Å²) >= 11 is 0. The number of rotatable bonds is 4.